The van der Waals surface area contributed by atoms with Gasteiger partial charge in [0, 0.05) is 18.0 Å². The van der Waals surface area contributed by atoms with E-state index in [1.54, 1.807) is 11.8 Å². The molecular weight excluding hydrogens is 376 g/mol. The van der Waals surface area contributed by atoms with Crippen LogP contribution in [0.25, 0.3) is 0 Å². The largest absolute Gasteiger partial charge is 0.330 e. The number of para-hydroxylation sites is 1. The van der Waals surface area contributed by atoms with E-state index >= 15 is 0 Å². The van der Waals surface area contributed by atoms with E-state index in [0.29, 0.717) is 6.54 Å². The summed E-state index contributed by atoms with van der Waals surface area (Å²) in [5.74, 6) is 0.795. The van der Waals surface area contributed by atoms with Crippen LogP contribution in [-0.2, 0) is 22.9 Å². The van der Waals surface area contributed by atoms with Crippen LogP contribution in [0.4, 0.5) is 10.8 Å². The molecule has 0 amide bonds. The van der Waals surface area contributed by atoms with E-state index in [1.807, 2.05) is 0 Å². The second-order valence-electron chi connectivity index (χ2n) is 5.53. The van der Waals surface area contributed by atoms with Gasteiger partial charge in [-0.2, -0.15) is 0 Å². The maximum Gasteiger partial charge on any atom is 0.210 e. The summed E-state index contributed by atoms with van der Waals surface area (Å²) < 4.78 is 25.4. The predicted octanol–water partition coefficient (Wildman–Crippen LogP) is 3.44. The molecule has 0 saturated heterocycles. The van der Waals surface area contributed by atoms with E-state index in [4.69, 9.17) is 0 Å². The van der Waals surface area contributed by atoms with Gasteiger partial charge in [0.1, 0.15) is 0 Å². The molecular formula is C16H24N4O2S3. The van der Waals surface area contributed by atoms with Crippen LogP contribution in [0.5, 0.6) is 0 Å². The zero-order valence-corrected chi connectivity index (χ0v) is 17.2. The number of benzene rings is 1. The third-order valence-corrected chi connectivity index (χ3v) is 6.33. The Morgan fingerprint density at radius 2 is 1.84 bits per heavy atom. The number of aryl methyl sites for hydroxylation is 2. The molecule has 9 heteroatoms. The first-order valence-electron chi connectivity index (χ1n) is 8.21. The van der Waals surface area contributed by atoms with Crippen molar-refractivity contribution in [3.8, 4) is 0 Å². The summed E-state index contributed by atoms with van der Waals surface area (Å²) in [5.41, 5.74) is 3.68. The standard InChI is InChI=1S/C16H24N4O2S3/c1-4-12-8-6-9-13(5-2)14(12)18-15-19-20-16(24-15)23-11-7-10-17-25(3,21)22/h6,8-9,17H,4-5,7,10-11H2,1-3H3,(H,18,19). The zero-order chi connectivity index (χ0) is 18.3. The molecule has 2 rings (SSSR count). The number of hydrogen-bond acceptors (Lipinski definition) is 7. The number of aromatic nitrogens is 2. The van der Waals surface area contributed by atoms with Gasteiger partial charge in [0.2, 0.25) is 15.2 Å². The smallest absolute Gasteiger partial charge is 0.210 e. The summed E-state index contributed by atoms with van der Waals surface area (Å²) in [6.45, 7) is 4.73. The first kappa shape index (κ1) is 20.2. The Bertz CT molecular complexity index is 768. The summed E-state index contributed by atoms with van der Waals surface area (Å²) in [5, 5.41) is 12.6. The number of anilines is 2. The van der Waals surface area contributed by atoms with Gasteiger partial charge in [-0.05, 0) is 30.4 Å². The van der Waals surface area contributed by atoms with E-state index in [2.05, 4.69) is 52.3 Å². The van der Waals surface area contributed by atoms with Gasteiger partial charge < -0.3 is 5.32 Å². The maximum absolute atomic E-state index is 11.0. The first-order valence-corrected chi connectivity index (χ1v) is 11.9. The predicted molar refractivity (Wildman–Crippen MR) is 107 cm³/mol. The molecule has 0 radical (unpaired) electrons. The van der Waals surface area contributed by atoms with Gasteiger partial charge in [-0.1, -0.05) is 55.1 Å². The highest BCUT2D eigenvalue weighted by Crippen LogP contribution is 2.31. The first-order chi connectivity index (χ1) is 11.9. The molecule has 6 nitrogen and oxygen atoms in total. The Morgan fingerprint density at radius 1 is 1.16 bits per heavy atom. The van der Waals surface area contributed by atoms with Crippen molar-refractivity contribution < 1.29 is 8.42 Å². The average molecular weight is 401 g/mol. The van der Waals surface area contributed by atoms with Crippen LogP contribution in [0.15, 0.2) is 22.5 Å². The Balaban J connectivity index is 1.92. The number of sulfonamides is 1. The van der Waals surface area contributed by atoms with E-state index < -0.39 is 10.0 Å². The van der Waals surface area contributed by atoms with Gasteiger partial charge in [0.15, 0.2) is 4.34 Å². The minimum atomic E-state index is -3.11. The molecule has 1 heterocycles. The monoisotopic (exact) mass is 400 g/mol. The van der Waals surface area contributed by atoms with Crippen molar-refractivity contribution in [1.82, 2.24) is 14.9 Å². The fraction of sp³-hybridized carbons (Fsp3) is 0.500. The van der Waals surface area contributed by atoms with Crippen molar-refractivity contribution in [2.75, 3.05) is 23.9 Å². The van der Waals surface area contributed by atoms with E-state index in [9.17, 15) is 8.42 Å². The molecule has 0 saturated carbocycles. The lowest BCUT2D eigenvalue weighted by Gasteiger charge is -2.13. The Labute approximate surface area is 157 Å². The Kier molecular flexibility index (Phi) is 7.67. The maximum atomic E-state index is 11.0. The van der Waals surface area contributed by atoms with Gasteiger partial charge in [0.05, 0.1) is 6.26 Å². The van der Waals surface area contributed by atoms with Crippen LogP contribution in [0, 0.1) is 0 Å². The van der Waals surface area contributed by atoms with Crippen LogP contribution < -0.4 is 10.0 Å². The fourth-order valence-corrected chi connectivity index (χ4v) is 4.60. The number of nitrogens with one attached hydrogen (secondary N) is 2. The van der Waals surface area contributed by atoms with Crippen molar-refractivity contribution in [2.45, 2.75) is 37.4 Å². The number of thioether (sulfide) groups is 1. The lowest BCUT2D eigenvalue weighted by Crippen LogP contribution is -2.23. The van der Waals surface area contributed by atoms with Crippen LogP contribution in [-0.4, -0.2) is 37.2 Å². The molecule has 0 fully saturated rings. The minimum Gasteiger partial charge on any atom is -0.330 e. The highest BCUT2D eigenvalue weighted by molar-refractivity contribution is 8.01. The van der Waals surface area contributed by atoms with Crippen molar-refractivity contribution in [2.24, 2.45) is 0 Å². The van der Waals surface area contributed by atoms with Crippen molar-refractivity contribution in [1.29, 1.82) is 0 Å². The Morgan fingerprint density at radius 3 is 2.44 bits per heavy atom. The number of hydrogen-bond donors (Lipinski definition) is 2. The topological polar surface area (TPSA) is 84.0 Å². The molecule has 2 N–H and O–H groups in total. The van der Waals surface area contributed by atoms with Crippen LogP contribution >= 0.6 is 23.1 Å². The fourth-order valence-electron chi connectivity index (χ4n) is 2.32. The third kappa shape index (κ3) is 6.58. The summed E-state index contributed by atoms with van der Waals surface area (Å²) in [6, 6.07) is 6.36. The van der Waals surface area contributed by atoms with Crippen molar-refractivity contribution in [3.05, 3.63) is 29.3 Å². The van der Waals surface area contributed by atoms with Gasteiger partial charge in [-0.15, -0.1) is 10.2 Å². The van der Waals surface area contributed by atoms with E-state index in [1.165, 1.54) is 28.7 Å². The summed E-state index contributed by atoms with van der Waals surface area (Å²) in [4.78, 5) is 0. The molecule has 0 aliphatic heterocycles. The SMILES string of the molecule is CCc1cccc(CC)c1Nc1nnc(SCCCNS(C)(=O)=O)s1. The highest BCUT2D eigenvalue weighted by atomic mass is 32.2. The normalized spacial score (nSPS) is 11.6. The van der Waals surface area contributed by atoms with E-state index in [0.717, 1.165) is 40.2 Å². The number of nitrogens with zero attached hydrogens (tertiary/aromatic N) is 2. The van der Waals surface area contributed by atoms with Crippen molar-refractivity contribution >= 4 is 43.9 Å². The third-order valence-electron chi connectivity index (χ3n) is 3.55. The van der Waals surface area contributed by atoms with Gasteiger partial charge in [-0.25, -0.2) is 13.1 Å². The molecule has 0 bridgehead atoms. The minimum absolute atomic E-state index is 0.444. The summed E-state index contributed by atoms with van der Waals surface area (Å²) in [7, 11) is -3.11. The molecule has 0 spiro atoms. The summed E-state index contributed by atoms with van der Waals surface area (Å²) >= 11 is 3.11. The number of rotatable bonds is 10. The molecule has 0 aliphatic carbocycles. The molecule has 2 aromatic rings. The van der Waals surface area contributed by atoms with Crippen LogP contribution in [0.1, 0.15) is 31.4 Å². The molecule has 1 aromatic carbocycles. The molecule has 0 aliphatic rings. The molecule has 0 unspecified atom stereocenters. The van der Waals surface area contributed by atoms with Crippen LogP contribution in [0.3, 0.4) is 0 Å². The van der Waals surface area contributed by atoms with Gasteiger partial charge >= 0.3 is 0 Å². The van der Waals surface area contributed by atoms with Gasteiger partial charge in [-0.3, -0.25) is 0 Å². The lowest BCUT2D eigenvalue weighted by molar-refractivity contribution is 0.587. The highest BCUT2D eigenvalue weighted by Gasteiger charge is 2.10. The molecule has 0 atom stereocenters. The molecule has 138 valence electrons. The Hall–Kier alpha value is -1.16. The average Bonchev–Trinajstić information content (AvgIpc) is 3.01. The van der Waals surface area contributed by atoms with E-state index in [-0.39, 0.29) is 0 Å². The second kappa shape index (κ2) is 9.51. The van der Waals surface area contributed by atoms with Crippen molar-refractivity contribution in [3.63, 3.8) is 0 Å². The molecule has 25 heavy (non-hydrogen) atoms. The van der Waals surface area contributed by atoms with Gasteiger partial charge in [0.25, 0.3) is 0 Å². The lowest BCUT2D eigenvalue weighted by atomic mass is 10.0. The second-order valence-corrected chi connectivity index (χ2v) is 9.68. The quantitative estimate of drug-likeness (QED) is 0.469. The summed E-state index contributed by atoms with van der Waals surface area (Å²) in [6.07, 6.45) is 3.84. The zero-order valence-electron chi connectivity index (χ0n) is 14.7. The van der Waals surface area contributed by atoms with Crippen LogP contribution in [0.2, 0.25) is 0 Å². The molecule has 1 aromatic heterocycles.